The maximum absolute atomic E-state index is 13.9. The molecule has 41 heavy (non-hydrogen) atoms. The number of phenols is 1. The van der Waals surface area contributed by atoms with E-state index in [0.29, 0.717) is 24.6 Å². The van der Waals surface area contributed by atoms with Gasteiger partial charge in [-0.05, 0) is 93.2 Å². The third kappa shape index (κ3) is 7.26. The largest absolute Gasteiger partial charge is 0.508 e. The molecule has 3 aliphatic rings. The van der Waals surface area contributed by atoms with Gasteiger partial charge in [0, 0.05) is 31.6 Å². The monoisotopic (exact) mass is 567 g/mol. The van der Waals surface area contributed by atoms with E-state index in [1.807, 2.05) is 39.0 Å². The van der Waals surface area contributed by atoms with E-state index < -0.39 is 17.7 Å². The molecule has 1 aromatic rings. The molecule has 2 aliphatic heterocycles. The number of amides is 2. The van der Waals surface area contributed by atoms with E-state index in [4.69, 9.17) is 4.74 Å². The van der Waals surface area contributed by atoms with E-state index in [1.165, 1.54) is 0 Å². The Labute approximate surface area is 245 Å². The van der Waals surface area contributed by atoms with Crippen LogP contribution < -0.4 is 5.32 Å². The summed E-state index contributed by atoms with van der Waals surface area (Å²) in [6.07, 6.45) is 6.33. The lowest BCUT2D eigenvalue weighted by atomic mass is 9.68. The lowest BCUT2D eigenvalue weighted by molar-refractivity contribution is -0.130. The average molecular weight is 568 g/mol. The quantitative estimate of drug-likeness (QED) is 0.426. The summed E-state index contributed by atoms with van der Waals surface area (Å²) in [5, 5.41) is 23.4. The number of nitrogens with one attached hydrogen (secondary N) is 1. The Morgan fingerprint density at radius 3 is 2.54 bits per heavy atom. The molecule has 8 nitrogen and oxygen atoms in total. The molecule has 0 aromatic heterocycles. The van der Waals surface area contributed by atoms with Crippen molar-refractivity contribution in [2.24, 2.45) is 23.7 Å². The highest BCUT2D eigenvalue weighted by atomic mass is 16.6. The molecule has 6 atom stereocenters. The third-order valence-corrected chi connectivity index (χ3v) is 9.32. The molecule has 2 fully saturated rings. The molecule has 2 saturated heterocycles. The Hall–Kier alpha value is -3.00. The summed E-state index contributed by atoms with van der Waals surface area (Å²) < 4.78 is 5.70. The number of carbonyl (C=O) groups is 2. The molecule has 1 aliphatic carbocycles. The van der Waals surface area contributed by atoms with Gasteiger partial charge in [-0.25, -0.2) is 4.79 Å². The van der Waals surface area contributed by atoms with Crippen molar-refractivity contribution < 1.29 is 24.5 Å². The second kappa shape index (κ2) is 12.1. The maximum Gasteiger partial charge on any atom is 0.410 e. The predicted octanol–water partition coefficient (Wildman–Crippen LogP) is 5.39. The molecule has 8 heteroatoms. The van der Waals surface area contributed by atoms with Crippen molar-refractivity contribution in [2.45, 2.75) is 84.4 Å². The smallest absolute Gasteiger partial charge is 0.410 e. The number of phenolic OH excluding ortho intramolecular Hbond substituents is 1. The maximum atomic E-state index is 13.9. The second-order valence-corrected chi connectivity index (χ2v) is 13.9. The molecule has 0 saturated carbocycles. The van der Waals surface area contributed by atoms with Crippen LogP contribution in [0.15, 0.2) is 48.3 Å². The number of rotatable bonds is 6. The number of allylic oxidation sites excluding steroid dienone is 2. The lowest BCUT2D eigenvalue weighted by Gasteiger charge is -2.46. The van der Waals surface area contributed by atoms with Crippen LogP contribution in [0.3, 0.4) is 0 Å². The van der Waals surface area contributed by atoms with Gasteiger partial charge in [0.05, 0.1) is 0 Å². The van der Waals surface area contributed by atoms with Gasteiger partial charge in [0.25, 0.3) is 0 Å². The fourth-order valence-corrected chi connectivity index (χ4v) is 6.47. The van der Waals surface area contributed by atoms with Crippen molar-refractivity contribution in [3.63, 3.8) is 0 Å². The first-order chi connectivity index (χ1) is 19.2. The van der Waals surface area contributed by atoms with Gasteiger partial charge >= 0.3 is 6.09 Å². The molecule has 4 rings (SSSR count). The van der Waals surface area contributed by atoms with Gasteiger partial charge in [0.1, 0.15) is 23.2 Å². The van der Waals surface area contributed by atoms with Crippen LogP contribution in [0.5, 0.6) is 5.75 Å². The van der Waals surface area contributed by atoms with Crippen molar-refractivity contribution in [1.29, 1.82) is 0 Å². The standard InChI is InChI=1S/C33H49N3O5/c1-21(2)28(20-35-14-13-33(7,22(3)18-35)25-9-8-10-26(37)17-25)34-30(39)29-16-23-11-12-27(38)15-24(23)19-36(29)31(40)41-32(4,5)6/h8-12,15,17,21-24,28-29,37-38H,13-14,16,18-20H2,1-7H3,(H,34,39)/t22-,23?,24?,28-,29-,33+/m1/s1. The average Bonchev–Trinajstić information content (AvgIpc) is 2.88. The summed E-state index contributed by atoms with van der Waals surface area (Å²) >= 11 is 0. The summed E-state index contributed by atoms with van der Waals surface area (Å²) in [7, 11) is 0. The van der Waals surface area contributed by atoms with Gasteiger partial charge in [0.15, 0.2) is 0 Å². The van der Waals surface area contributed by atoms with Crippen LogP contribution >= 0.6 is 0 Å². The van der Waals surface area contributed by atoms with Gasteiger partial charge in [-0.1, -0.05) is 45.9 Å². The number of aromatic hydroxyl groups is 1. The zero-order chi connectivity index (χ0) is 30.1. The number of hydrogen-bond donors (Lipinski definition) is 3. The number of aliphatic hydroxyl groups is 1. The number of fused-ring (bicyclic) bond motifs is 1. The number of likely N-dealkylation sites (tertiary alicyclic amines) is 2. The predicted molar refractivity (Wildman–Crippen MR) is 161 cm³/mol. The normalized spacial score (nSPS) is 29.5. The van der Waals surface area contributed by atoms with Gasteiger partial charge in [-0.2, -0.15) is 0 Å². The summed E-state index contributed by atoms with van der Waals surface area (Å²) in [5.41, 5.74) is 0.447. The van der Waals surface area contributed by atoms with Crippen molar-refractivity contribution in [3.05, 3.63) is 53.8 Å². The van der Waals surface area contributed by atoms with Gasteiger partial charge in [0.2, 0.25) is 5.91 Å². The number of aliphatic hydroxyl groups excluding tert-OH is 1. The van der Waals surface area contributed by atoms with Crippen LogP contribution in [0.4, 0.5) is 4.79 Å². The van der Waals surface area contributed by atoms with E-state index in [0.717, 1.165) is 31.6 Å². The van der Waals surface area contributed by atoms with E-state index >= 15 is 0 Å². The first-order valence-corrected chi connectivity index (χ1v) is 15.1. The molecule has 1 aromatic carbocycles. The third-order valence-electron chi connectivity index (χ3n) is 9.32. The van der Waals surface area contributed by atoms with Crippen LogP contribution in [0.1, 0.15) is 66.9 Å². The zero-order valence-electron chi connectivity index (χ0n) is 25.8. The molecule has 0 bridgehead atoms. The lowest BCUT2D eigenvalue weighted by Crippen LogP contribution is -2.60. The molecular formula is C33H49N3O5. The number of carbonyl (C=O) groups excluding carboxylic acids is 2. The first kappa shape index (κ1) is 30.9. The molecule has 2 heterocycles. The Bertz CT molecular complexity index is 1170. The summed E-state index contributed by atoms with van der Waals surface area (Å²) in [6.45, 7) is 17.1. The Balaban J connectivity index is 1.45. The van der Waals surface area contributed by atoms with E-state index in [-0.39, 0.29) is 40.9 Å². The van der Waals surface area contributed by atoms with E-state index in [2.05, 4.69) is 44.0 Å². The number of piperidine rings is 2. The molecule has 0 radical (unpaired) electrons. The first-order valence-electron chi connectivity index (χ1n) is 15.1. The SMILES string of the molecule is CC(C)[C@@H](CN1CC[C@](C)(c2cccc(O)c2)[C@H](C)C1)NC(=O)[C@H]1CC2C=CC(O)=CC2CN1C(=O)OC(C)(C)C. The van der Waals surface area contributed by atoms with Crippen molar-refractivity contribution >= 4 is 12.0 Å². The fourth-order valence-electron chi connectivity index (χ4n) is 6.47. The Kier molecular flexibility index (Phi) is 9.12. The Morgan fingerprint density at radius 2 is 1.90 bits per heavy atom. The van der Waals surface area contributed by atoms with Crippen LogP contribution in [-0.4, -0.2) is 75.9 Å². The highest BCUT2D eigenvalue weighted by Gasteiger charge is 2.43. The van der Waals surface area contributed by atoms with E-state index in [1.54, 1.807) is 23.1 Å². The fraction of sp³-hybridized carbons (Fsp3) is 0.636. The van der Waals surface area contributed by atoms with Gasteiger partial charge in [-0.15, -0.1) is 0 Å². The Morgan fingerprint density at radius 1 is 1.17 bits per heavy atom. The molecule has 0 spiro atoms. The molecule has 226 valence electrons. The highest BCUT2D eigenvalue weighted by Crippen LogP contribution is 2.40. The van der Waals surface area contributed by atoms with Crippen molar-refractivity contribution in [2.75, 3.05) is 26.2 Å². The number of nitrogens with zero attached hydrogens (tertiary/aromatic N) is 2. The summed E-state index contributed by atoms with van der Waals surface area (Å²) in [4.78, 5) is 31.1. The minimum absolute atomic E-state index is 0.0330. The summed E-state index contributed by atoms with van der Waals surface area (Å²) in [5.74, 6) is 0.899. The van der Waals surface area contributed by atoms with Crippen molar-refractivity contribution in [1.82, 2.24) is 15.1 Å². The number of benzene rings is 1. The van der Waals surface area contributed by atoms with Crippen LogP contribution in [-0.2, 0) is 14.9 Å². The van der Waals surface area contributed by atoms with Crippen molar-refractivity contribution in [3.8, 4) is 5.75 Å². The van der Waals surface area contributed by atoms with Crippen LogP contribution in [0.25, 0.3) is 0 Å². The minimum Gasteiger partial charge on any atom is -0.508 e. The van der Waals surface area contributed by atoms with Gasteiger partial charge < -0.3 is 25.2 Å². The number of hydrogen-bond acceptors (Lipinski definition) is 6. The molecular weight excluding hydrogens is 518 g/mol. The zero-order valence-corrected chi connectivity index (χ0v) is 25.8. The molecule has 3 N–H and O–H groups in total. The minimum atomic E-state index is -0.683. The molecule has 2 unspecified atom stereocenters. The topological polar surface area (TPSA) is 102 Å². The summed E-state index contributed by atoms with van der Waals surface area (Å²) in [6, 6.07) is 6.88. The molecule has 2 amide bonds. The van der Waals surface area contributed by atoms with Gasteiger partial charge in [-0.3, -0.25) is 9.69 Å². The van der Waals surface area contributed by atoms with Crippen LogP contribution in [0, 0.1) is 23.7 Å². The number of ether oxygens (including phenoxy) is 1. The highest BCUT2D eigenvalue weighted by molar-refractivity contribution is 5.86. The van der Waals surface area contributed by atoms with Crippen LogP contribution in [0.2, 0.25) is 0 Å². The van der Waals surface area contributed by atoms with E-state index in [9.17, 15) is 19.8 Å². The second-order valence-electron chi connectivity index (χ2n) is 13.9.